The van der Waals surface area contributed by atoms with Crippen LogP contribution in [0.2, 0.25) is 0 Å². The van der Waals surface area contributed by atoms with Gasteiger partial charge in [-0.2, -0.15) is 5.06 Å². The molecule has 1 aromatic carbocycles. The SMILES string of the molecule is COc1c(S(C)(=O)=O)ccc(C(=O)C2C(=O)C=C(C(F)F)N(OC)C2=O)c1C. The summed E-state index contributed by atoms with van der Waals surface area (Å²) in [7, 11) is -1.53. The van der Waals surface area contributed by atoms with Gasteiger partial charge in [-0.25, -0.2) is 17.2 Å². The number of benzene rings is 1. The number of ether oxygens (including phenoxy) is 1. The topological polar surface area (TPSA) is 107 Å². The smallest absolute Gasteiger partial charge is 0.281 e. The molecule has 0 spiro atoms. The van der Waals surface area contributed by atoms with Crippen LogP contribution >= 0.6 is 0 Å². The summed E-state index contributed by atoms with van der Waals surface area (Å²) in [5, 5.41) is 0.200. The Morgan fingerprint density at radius 1 is 1.21 bits per heavy atom. The molecule has 1 amide bonds. The molecule has 1 heterocycles. The lowest BCUT2D eigenvalue weighted by molar-refractivity contribution is -0.176. The highest BCUT2D eigenvalue weighted by atomic mass is 32.2. The number of rotatable bonds is 6. The van der Waals surface area contributed by atoms with E-state index < -0.39 is 45.4 Å². The maximum absolute atomic E-state index is 13.0. The summed E-state index contributed by atoms with van der Waals surface area (Å²) in [4.78, 5) is 42.0. The Labute approximate surface area is 159 Å². The molecule has 1 aliphatic heterocycles. The lowest BCUT2D eigenvalue weighted by Crippen LogP contribution is -2.47. The molecule has 1 aliphatic rings. The molecule has 2 rings (SSSR count). The van der Waals surface area contributed by atoms with Gasteiger partial charge in [0.05, 0.1) is 14.2 Å². The van der Waals surface area contributed by atoms with Crippen LogP contribution in [0.5, 0.6) is 5.75 Å². The van der Waals surface area contributed by atoms with E-state index in [0.29, 0.717) is 6.08 Å². The van der Waals surface area contributed by atoms with Crippen LogP contribution in [0.25, 0.3) is 0 Å². The predicted octanol–water partition coefficient (Wildman–Crippen LogP) is 1.33. The molecule has 11 heteroatoms. The minimum atomic E-state index is -3.68. The fourth-order valence-electron chi connectivity index (χ4n) is 2.88. The van der Waals surface area contributed by atoms with Crippen molar-refractivity contribution in [3.05, 3.63) is 35.0 Å². The van der Waals surface area contributed by atoms with Crippen LogP contribution < -0.4 is 4.74 Å². The molecule has 0 fully saturated rings. The number of sulfone groups is 1. The summed E-state index contributed by atoms with van der Waals surface area (Å²) in [6, 6.07) is 2.25. The normalized spacial score (nSPS) is 17.8. The van der Waals surface area contributed by atoms with Crippen molar-refractivity contribution in [1.29, 1.82) is 0 Å². The Kier molecular flexibility index (Phi) is 6.00. The second-order valence-corrected chi connectivity index (χ2v) is 7.91. The second kappa shape index (κ2) is 7.76. The van der Waals surface area contributed by atoms with Crippen molar-refractivity contribution in [3.63, 3.8) is 0 Å². The number of hydroxylamine groups is 2. The number of carbonyl (C=O) groups is 3. The average molecular weight is 417 g/mol. The zero-order valence-corrected chi connectivity index (χ0v) is 16.2. The minimum Gasteiger partial charge on any atom is -0.495 e. The van der Waals surface area contributed by atoms with Crippen LogP contribution in [-0.2, 0) is 24.3 Å². The van der Waals surface area contributed by atoms with Crippen LogP contribution in [0.15, 0.2) is 28.8 Å². The van der Waals surface area contributed by atoms with Crippen molar-refractivity contribution < 1.29 is 41.2 Å². The van der Waals surface area contributed by atoms with Crippen molar-refractivity contribution in [3.8, 4) is 5.75 Å². The molecule has 0 aliphatic carbocycles. The highest BCUT2D eigenvalue weighted by Gasteiger charge is 2.44. The molecule has 0 saturated carbocycles. The molecule has 0 aromatic heterocycles. The van der Waals surface area contributed by atoms with E-state index in [0.717, 1.165) is 25.5 Å². The fraction of sp³-hybridized carbons (Fsp3) is 0.353. The first kappa shape index (κ1) is 21.6. The van der Waals surface area contributed by atoms with E-state index >= 15 is 0 Å². The lowest BCUT2D eigenvalue weighted by Gasteiger charge is -2.29. The third-order valence-electron chi connectivity index (χ3n) is 4.16. The second-order valence-electron chi connectivity index (χ2n) is 5.93. The van der Waals surface area contributed by atoms with Crippen LogP contribution in [0, 0.1) is 12.8 Å². The number of halogens is 2. The van der Waals surface area contributed by atoms with Gasteiger partial charge in [0, 0.05) is 23.5 Å². The number of hydrogen-bond acceptors (Lipinski definition) is 7. The van der Waals surface area contributed by atoms with E-state index in [-0.39, 0.29) is 26.8 Å². The van der Waals surface area contributed by atoms with Crippen molar-refractivity contribution in [1.82, 2.24) is 5.06 Å². The van der Waals surface area contributed by atoms with Crippen molar-refractivity contribution in [2.45, 2.75) is 18.2 Å². The summed E-state index contributed by atoms with van der Waals surface area (Å²) in [5.41, 5.74) is -1.03. The Morgan fingerprint density at radius 3 is 2.29 bits per heavy atom. The van der Waals surface area contributed by atoms with E-state index in [1.165, 1.54) is 14.0 Å². The van der Waals surface area contributed by atoms with Gasteiger partial charge < -0.3 is 4.74 Å². The number of amides is 1. The third-order valence-corrected chi connectivity index (χ3v) is 5.28. The van der Waals surface area contributed by atoms with E-state index in [1.807, 2.05) is 0 Å². The van der Waals surface area contributed by atoms with Gasteiger partial charge in [-0.1, -0.05) is 0 Å². The largest absolute Gasteiger partial charge is 0.495 e. The molecule has 152 valence electrons. The summed E-state index contributed by atoms with van der Waals surface area (Å²) < 4.78 is 54.8. The van der Waals surface area contributed by atoms with E-state index in [2.05, 4.69) is 4.84 Å². The van der Waals surface area contributed by atoms with Crippen LogP contribution in [0.3, 0.4) is 0 Å². The van der Waals surface area contributed by atoms with Gasteiger partial charge in [0.1, 0.15) is 16.3 Å². The molecular formula is C17H17F2NO7S. The zero-order valence-electron chi connectivity index (χ0n) is 15.4. The Balaban J connectivity index is 2.58. The summed E-state index contributed by atoms with van der Waals surface area (Å²) >= 11 is 0. The monoisotopic (exact) mass is 417 g/mol. The maximum Gasteiger partial charge on any atom is 0.281 e. The summed E-state index contributed by atoms with van der Waals surface area (Å²) in [6.07, 6.45) is -1.73. The molecule has 1 unspecified atom stereocenters. The number of alkyl halides is 2. The van der Waals surface area contributed by atoms with Gasteiger partial charge in [0.25, 0.3) is 12.3 Å². The minimum absolute atomic E-state index is 0.0867. The summed E-state index contributed by atoms with van der Waals surface area (Å²) in [6.45, 7) is 1.38. The Bertz CT molecular complexity index is 985. The standard InChI is InChI=1S/C17H17F2NO7S/c1-8-9(5-6-12(15(8)26-2)28(4,24)25)14(22)13-11(21)7-10(16(18)19)20(27-3)17(13)23/h5-7,13,16H,1-4H3. The van der Waals surface area contributed by atoms with Crippen LogP contribution in [0.4, 0.5) is 8.78 Å². The van der Waals surface area contributed by atoms with Crippen molar-refractivity contribution in [2.75, 3.05) is 20.5 Å². The molecule has 0 saturated heterocycles. The van der Waals surface area contributed by atoms with Crippen LogP contribution in [0.1, 0.15) is 15.9 Å². The van der Waals surface area contributed by atoms with Crippen molar-refractivity contribution in [2.24, 2.45) is 5.92 Å². The van der Waals surface area contributed by atoms with E-state index in [9.17, 15) is 31.6 Å². The van der Waals surface area contributed by atoms with Gasteiger partial charge >= 0.3 is 0 Å². The predicted molar refractivity (Wildman–Crippen MR) is 91.6 cm³/mol. The van der Waals surface area contributed by atoms with Gasteiger partial charge in [-0.05, 0) is 19.1 Å². The number of ketones is 2. The molecule has 0 bridgehead atoms. The first-order chi connectivity index (χ1) is 12.9. The Hall–Kier alpha value is -2.66. The number of hydrogen-bond donors (Lipinski definition) is 0. The third kappa shape index (κ3) is 3.67. The first-order valence-corrected chi connectivity index (χ1v) is 9.68. The molecule has 28 heavy (non-hydrogen) atoms. The number of allylic oxidation sites excluding steroid dienone is 2. The first-order valence-electron chi connectivity index (χ1n) is 7.79. The zero-order chi connectivity index (χ0) is 21.4. The number of carbonyl (C=O) groups excluding carboxylic acids is 3. The number of Topliss-reactive ketones (excluding diaryl/α,β-unsaturated/α-hetero) is 1. The highest BCUT2D eigenvalue weighted by Crippen LogP contribution is 2.33. The molecule has 1 aromatic rings. The van der Waals surface area contributed by atoms with Gasteiger partial charge in [-0.15, -0.1) is 0 Å². The average Bonchev–Trinajstić information content (AvgIpc) is 2.59. The molecule has 0 N–H and O–H groups in total. The van der Waals surface area contributed by atoms with Crippen molar-refractivity contribution >= 4 is 27.3 Å². The lowest BCUT2D eigenvalue weighted by atomic mass is 9.88. The quantitative estimate of drug-likeness (QED) is 0.508. The molecule has 8 nitrogen and oxygen atoms in total. The van der Waals surface area contributed by atoms with Gasteiger partial charge in [0.15, 0.2) is 27.3 Å². The van der Waals surface area contributed by atoms with E-state index in [1.54, 1.807) is 0 Å². The number of methoxy groups -OCH3 is 1. The molecular weight excluding hydrogens is 400 g/mol. The number of nitrogens with zero attached hydrogens (tertiary/aromatic N) is 1. The fourth-order valence-corrected chi connectivity index (χ4v) is 3.77. The van der Waals surface area contributed by atoms with E-state index in [4.69, 9.17) is 4.74 Å². The molecule has 0 radical (unpaired) electrons. The highest BCUT2D eigenvalue weighted by molar-refractivity contribution is 7.90. The summed E-state index contributed by atoms with van der Waals surface area (Å²) in [5.74, 6) is -5.42. The maximum atomic E-state index is 13.0. The van der Waals surface area contributed by atoms with Gasteiger partial charge in [-0.3, -0.25) is 19.2 Å². The van der Waals surface area contributed by atoms with Gasteiger partial charge in [0.2, 0.25) is 0 Å². The van der Waals surface area contributed by atoms with Crippen LogP contribution in [-0.4, -0.2) is 57.9 Å². The Morgan fingerprint density at radius 2 is 1.82 bits per heavy atom. The molecule has 1 atom stereocenters.